The largest absolute Gasteiger partial charge is 0.454 e. The quantitative estimate of drug-likeness (QED) is 0.710. The Morgan fingerprint density at radius 3 is 2.57 bits per heavy atom. The maximum Gasteiger partial charge on any atom is 0.243 e. The van der Waals surface area contributed by atoms with Crippen LogP contribution in [0.15, 0.2) is 12.1 Å². The van der Waals surface area contributed by atoms with Crippen LogP contribution in [-0.4, -0.2) is 25.2 Å². The molecule has 21 heavy (non-hydrogen) atoms. The second kappa shape index (κ2) is 7.58. The predicted molar refractivity (Wildman–Crippen MR) is 80.8 cm³/mol. The normalized spacial score (nSPS) is 11.5. The highest BCUT2D eigenvalue weighted by atomic mass is 35.5. The number of nitrogens with two attached hydrogens (primary N) is 1. The van der Waals surface area contributed by atoms with E-state index in [1.807, 2.05) is 6.92 Å². The number of benzene rings is 1. The van der Waals surface area contributed by atoms with Crippen molar-refractivity contribution in [2.75, 3.05) is 24.4 Å². The number of amides is 2. The molecule has 1 aromatic carbocycles. The summed E-state index contributed by atoms with van der Waals surface area (Å²) in [6.07, 6.45) is 1.14. The van der Waals surface area contributed by atoms with Crippen LogP contribution in [0.4, 0.5) is 11.4 Å². The molecule has 1 aromatic rings. The number of halogens is 1. The molecule has 0 saturated carbocycles. The molecule has 2 rings (SSSR count). The van der Waals surface area contributed by atoms with Crippen molar-refractivity contribution < 1.29 is 19.1 Å². The van der Waals surface area contributed by atoms with Crippen molar-refractivity contribution in [1.82, 2.24) is 5.32 Å². The molecule has 2 amide bonds. The molecule has 1 heterocycles. The predicted octanol–water partition coefficient (Wildman–Crippen LogP) is 1.27. The van der Waals surface area contributed by atoms with E-state index >= 15 is 0 Å². The fraction of sp³-hybridized carbons (Fsp3) is 0.385. The first-order valence-electron chi connectivity index (χ1n) is 6.35. The Morgan fingerprint density at radius 1 is 1.24 bits per heavy atom. The van der Waals surface area contributed by atoms with Crippen molar-refractivity contribution in [2.45, 2.75) is 19.8 Å². The van der Waals surface area contributed by atoms with Gasteiger partial charge in [0.2, 0.25) is 18.6 Å². The third-order valence-electron chi connectivity index (χ3n) is 2.74. The lowest BCUT2D eigenvalue weighted by Crippen LogP contribution is -2.32. The van der Waals surface area contributed by atoms with E-state index < -0.39 is 0 Å². The van der Waals surface area contributed by atoms with Crippen LogP contribution >= 0.6 is 12.4 Å². The number of carbonyl (C=O) groups excluding carboxylic acids is 2. The molecule has 0 unspecified atom stereocenters. The smallest absolute Gasteiger partial charge is 0.243 e. The first kappa shape index (κ1) is 16.9. The minimum atomic E-state index is -0.347. The molecule has 0 fully saturated rings. The van der Waals surface area contributed by atoms with Gasteiger partial charge in [-0.2, -0.15) is 0 Å². The summed E-state index contributed by atoms with van der Waals surface area (Å²) in [7, 11) is 0. The number of hydrogen-bond donors (Lipinski definition) is 3. The summed E-state index contributed by atoms with van der Waals surface area (Å²) in [6.45, 7) is 1.94. The zero-order valence-corrected chi connectivity index (χ0v) is 12.4. The maximum atomic E-state index is 11.7. The lowest BCUT2D eigenvalue weighted by molar-refractivity contribution is -0.124. The average Bonchev–Trinajstić information content (AvgIpc) is 2.84. The highest BCUT2D eigenvalue weighted by Crippen LogP contribution is 2.38. The van der Waals surface area contributed by atoms with E-state index in [1.165, 1.54) is 0 Å². The van der Waals surface area contributed by atoms with Crippen LogP contribution in [0.5, 0.6) is 11.5 Å². The van der Waals surface area contributed by atoms with E-state index in [9.17, 15) is 9.59 Å². The Hall–Kier alpha value is -2.15. The molecule has 0 aromatic heterocycles. The second-order valence-electron chi connectivity index (χ2n) is 4.37. The Labute approximate surface area is 128 Å². The van der Waals surface area contributed by atoms with Crippen molar-refractivity contribution in [1.29, 1.82) is 0 Å². The second-order valence-corrected chi connectivity index (χ2v) is 4.37. The summed E-state index contributed by atoms with van der Waals surface area (Å²) in [4.78, 5) is 23.0. The van der Waals surface area contributed by atoms with Crippen molar-refractivity contribution in [2.24, 2.45) is 0 Å². The molecule has 1 aliphatic rings. The number of rotatable bonds is 5. The van der Waals surface area contributed by atoms with Gasteiger partial charge in [0.15, 0.2) is 11.5 Å². The van der Waals surface area contributed by atoms with Crippen LogP contribution in [0.1, 0.15) is 19.8 Å². The van der Waals surface area contributed by atoms with Crippen molar-refractivity contribution >= 4 is 35.6 Å². The van der Waals surface area contributed by atoms with Gasteiger partial charge in [0, 0.05) is 18.6 Å². The minimum absolute atomic E-state index is 0. The van der Waals surface area contributed by atoms with E-state index in [2.05, 4.69) is 10.6 Å². The van der Waals surface area contributed by atoms with Gasteiger partial charge in [-0.3, -0.25) is 9.59 Å². The molecule has 8 heteroatoms. The molecule has 0 aliphatic carbocycles. The first-order chi connectivity index (χ1) is 9.60. The minimum Gasteiger partial charge on any atom is -0.454 e. The van der Waals surface area contributed by atoms with E-state index in [1.54, 1.807) is 12.1 Å². The molecule has 1 aliphatic heterocycles. The summed E-state index contributed by atoms with van der Waals surface area (Å²) < 4.78 is 10.4. The first-order valence-corrected chi connectivity index (χ1v) is 6.35. The van der Waals surface area contributed by atoms with Gasteiger partial charge in [0.25, 0.3) is 0 Å². The third-order valence-corrected chi connectivity index (χ3v) is 2.74. The lowest BCUT2D eigenvalue weighted by atomic mass is 10.2. The van der Waals surface area contributed by atoms with Crippen molar-refractivity contribution in [3.63, 3.8) is 0 Å². The molecule has 0 saturated heterocycles. The molecule has 0 radical (unpaired) electrons. The fourth-order valence-electron chi connectivity index (χ4n) is 1.75. The molecule has 0 spiro atoms. The highest BCUT2D eigenvalue weighted by Gasteiger charge is 2.17. The molecule has 116 valence electrons. The van der Waals surface area contributed by atoms with Crippen LogP contribution in [-0.2, 0) is 9.59 Å². The molecule has 0 atom stereocenters. The lowest BCUT2D eigenvalue weighted by Gasteiger charge is -2.10. The Bertz CT molecular complexity index is 536. The maximum absolute atomic E-state index is 11.7. The molecular weight excluding hydrogens is 298 g/mol. The summed E-state index contributed by atoms with van der Waals surface area (Å²) >= 11 is 0. The van der Waals surface area contributed by atoms with Gasteiger partial charge in [0.1, 0.15) is 0 Å². The van der Waals surface area contributed by atoms with Crippen molar-refractivity contribution in [3.05, 3.63) is 12.1 Å². The number of nitrogen functional groups attached to an aromatic ring is 1. The van der Waals surface area contributed by atoms with Crippen LogP contribution in [0.3, 0.4) is 0 Å². The topological polar surface area (TPSA) is 103 Å². The molecular formula is C13H18ClN3O4. The summed E-state index contributed by atoms with van der Waals surface area (Å²) in [6, 6.07) is 3.19. The van der Waals surface area contributed by atoms with Crippen LogP contribution in [0.2, 0.25) is 0 Å². The van der Waals surface area contributed by atoms with Crippen molar-refractivity contribution in [3.8, 4) is 11.5 Å². The van der Waals surface area contributed by atoms with Gasteiger partial charge in [-0.1, -0.05) is 6.92 Å². The van der Waals surface area contributed by atoms with Gasteiger partial charge in [-0.15, -0.1) is 12.4 Å². The highest BCUT2D eigenvalue weighted by molar-refractivity contribution is 5.97. The van der Waals surface area contributed by atoms with Crippen LogP contribution < -0.4 is 25.8 Å². The van der Waals surface area contributed by atoms with Gasteiger partial charge in [0.05, 0.1) is 17.9 Å². The van der Waals surface area contributed by atoms with E-state index in [4.69, 9.17) is 15.2 Å². The summed E-state index contributed by atoms with van der Waals surface area (Å²) in [5, 5.41) is 5.15. The van der Waals surface area contributed by atoms with Gasteiger partial charge < -0.3 is 25.8 Å². The summed E-state index contributed by atoms with van der Waals surface area (Å²) in [5.41, 5.74) is 6.62. The molecule has 0 bridgehead atoms. The Balaban J connectivity index is 0.00000220. The number of nitrogens with one attached hydrogen (secondary N) is 2. The number of ether oxygens (including phenoxy) is 2. The van der Waals surface area contributed by atoms with E-state index in [0.29, 0.717) is 29.3 Å². The summed E-state index contributed by atoms with van der Waals surface area (Å²) in [5.74, 6) is 0.586. The van der Waals surface area contributed by atoms with Gasteiger partial charge in [-0.05, 0) is 6.42 Å². The monoisotopic (exact) mass is 315 g/mol. The zero-order chi connectivity index (χ0) is 14.5. The number of hydrogen-bond acceptors (Lipinski definition) is 5. The Kier molecular flexibility index (Phi) is 6.10. The third kappa shape index (κ3) is 4.42. The average molecular weight is 316 g/mol. The molecule has 7 nitrogen and oxygen atoms in total. The van der Waals surface area contributed by atoms with E-state index in [0.717, 1.165) is 6.42 Å². The number of anilines is 2. The number of fused-ring (bicyclic) bond motifs is 1. The van der Waals surface area contributed by atoms with Gasteiger partial charge in [-0.25, -0.2) is 0 Å². The zero-order valence-electron chi connectivity index (χ0n) is 11.6. The fourth-order valence-corrected chi connectivity index (χ4v) is 1.75. The van der Waals surface area contributed by atoms with Gasteiger partial charge >= 0.3 is 0 Å². The SMILES string of the molecule is CCCC(=O)NCC(=O)Nc1cc2c(cc1N)OCO2.Cl. The molecule has 4 N–H and O–H groups in total. The Morgan fingerprint density at radius 2 is 1.90 bits per heavy atom. The van der Waals surface area contributed by atoms with Crippen LogP contribution in [0, 0.1) is 0 Å². The number of carbonyl (C=O) groups is 2. The standard InChI is InChI=1S/C13H17N3O4.ClH/c1-2-3-12(17)15-6-13(18)16-9-5-11-10(4-8(9)14)19-7-20-11;/h4-5H,2-3,6-7,14H2,1H3,(H,15,17)(H,16,18);1H. The van der Waals surface area contributed by atoms with E-state index in [-0.39, 0.29) is 37.6 Å². The van der Waals surface area contributed by atoms with Crippen LogP contribution in [0.25, 0.3) is 0 Å².